The number of esters is 1. The summed E-state index contributed by atoms with van der Waals surface area (Å²) in [5.74, 6) is -2.18. The molecule has 29 heavy (non-hydrogen) atoms. The number of pyridine rings is 1. The molecule has 0 saturated heterocycles. The molecule has 1 aromatic carbocycles. The summed E-state index contributed by atoms with van der Waals surface area (Å²) >= 11 is 0. The molecule has 2 aromatic heterocycles. The minimum absolute atomic E-state index is 0.0128. The molecule has 0 bridgehead atoms. The molecule has 0 aliphatic carbocycles. The number of carbonyl (C=O) groups excluding carboxylic acids is 1. The molecular formula is C21H19NO7. The molecule has 1 unspecified atom stereocenters. The molecule has 0 aliphatic heterocycles. The van der Waals surface area contributed by atoms with Crippen molar-refractivity contribution in [2.24, 2.45) is 0 Å². The standard InChI is InChI=1S/C21H19NO7/c1-11-8-15(23)19(20(25)22-11)14(10-18(24)28-2)17-7-6-16(29-17)12-4-3-5-13(9-12)21(26)27/h3-9,14H,10H2,1-2H3,(H,26,27)(H2,22,23,25). The molecule has 2 heterocycles. The Balaban J connectivity index is 2.07. The van der Waals surface area contributed by atoms with Crippen molar-refractivity contribution in [3.8, 4) is 17.1 Å². The Hall–Kier alpha value is -3.81. The number of methoxy groups -OCH3 is 1. The van der Waals surface area contributed by atoms with Crippen molar-refractivity contribution in [3.05, 3.63) is 75.4 Å². The van der Waals surface area contributed by atoms with Crippen molar-refractivity contribution in [1.29, 1.82) is 0 Å². The minimum Gasteiger partial charge on any atom is -0.507 e. The minimum atomic E-state index is -1.07. The van der Waals surface area contributed by atoms with Crippen molar-refractivity contribution in [3.63, 3.8) is 0 Å². The van der Waals surface area contributed by atoms with Crippen LogP contribution in [0.5, 0.6) is 5.75 Å². The van der Waals surface area contributed by atoms with Gasteiger partial charge in [0.2, 0.25) is 0 Å². The van der Waals surface area contributed by atoms with E-state index in [9.17, 15) is 19.5 Å². The number of carbonyl (C=O) groups is 2. The molecule has 0 amide bonds. The number of aromatic hydroxyl groups is 1. The van der Waals surface area contributed by atoms with Crippen LogP contribution in [-0.2, 0) is 9.53 Å². The maximum absolute atomic E-state index is 12.5. The number of aromatic amines is 1. The smallest absolute Gasteiger partial charge is 0.335 e. The average Bonchev–Trinajstić information content (AvgIpc) is 3.16. The van der Waals surface area contributed by atoms with Crippen molar-refractivity contribution in [2.75, 3.05) is 7.11 Å². The Morgan fingerprint density at radius 2 is 1.97 bits per heavy atom. The molecule has 0 spiro atoms. The van der Waals surface area contributed by atoms with Gasteiger partial charge in [0.25, 0.3) is 5.56 Å². The van der Waals surface area contributed by atoms with Crippen LogP contribution in [0.1, 0.15) is 39.7 Å². The number of carboxylic acid groups (broad SMARTS) is 1. The molecule has 1 atom stereocenters. The van der Waals surface area contributed by atoms with Gasteiger partial charge in [-0.2, -0.15) is 0 Å². The van der Waals surface area contributed by atoms with E-state index in [4.69, 9.17) is 14.3 Å². The average molecular weight is 397 g/mol. The Labute approximate surface area is 165 Å². The summed E-state index contributed by atoms with van der Waals surface area (Å²) < 4.78 is 10.6. The maximum atomic E-state index is 12.5. The first-order valence-electron chi connectivity index (χ1n) is 8.73. The highest BCUT2D eigenvalue weighted by Crippen LogP contribution is 2.35. The third-order valence-corrected chi connectivity index (χ3v) is 4.50. The number of carboxylic acids is 1. The number of rotatable bonds is 6. The summed E-state index contributed by atoms with van der Waals surface area (Å²) in [5, 5.41) is 19.5. The molecule has 3 rings (SSSR count). The lowest BCUT2D eigenvalue weighted by atomic mass is 9.93. The van der Waals surface area contributed by atoms with Gasteiger partial charge in [0.15, 0.2) is 0 Å². The van der Waals surface area contributed by atoms with E-state index in [2.05, 4.69) is 4.98 Å². The van der Waals surface area contributed by atoms with Crippen LogP contribution >= 0.6 is 0 Å². The fraction of sp³-hybridized carbons (Fsp3) is 0.190. The highest BCUT2D eigenvalue weighted by molar-refractivity contribution is 5.89. The largest absolute Gasteiger partial charge is 0.507 e. The quantitative estimate of drug-likeness (QED) is 0.545. The third-order valence-electron chi connectivity index (χ3n) is 4.50. The Morgan fingerprint density at radius 1 is 1.21 bits per heavy atom. The summed E-state index contributed by atoms with van der Waals surface area (Å²) in [4.78, 5) is 38.2. The zero-order valence-electron chi connectivity index (χ0n) is 15.8. The van der Waals surface area contributed by atoms with Crippen LogP contribution in [0, 0.1) is 6.92 Å². The van der Waals surface area contributed by atoms with Gasteiger partial charge in [0.05, 0.1) is 30.6 Å². The van der Waals surface area contributed by atoms with Gasteiger partial charge in [-0.3, -0.25) is 9.59 Å². The van der Waals surface area contributed by atoms with Crippen LogP contribution < -0.4 is 5.56 Å². The molecule has 3 N–H and O–H groups in total. The first-order valence-corrected chi connectivity index (χ1v) is 8.73. The number of aryl methyl sites for hydroxylation is 1. The number of H-pyrrole nitrogens is 1. The molecule has 0 aliphatic rings. The number of furan rings is 1. The first kappa shape index (κ1) is 19.9. The van der Waals surface area contributed by atoms with Gasteiger partial charge >= 0.3 is 11.9 Å². The number of aromatic carboxylic acids is 1. The maximum Gasteiger partial charge on any atom is 0.335 e. The lowest BCUT2D eigenvalue weighted by molar-refractivity contribution is -0.140. The van der Waals surface area contributed by atoms with E-state index in [1.165, 1.54) is 25.3 Å². The zero-order valence-corrected chi connectivity index (χ0v) is 15.8. The van der Waals surface area contributed by atoms with E-state index in [-0.39, 0.29) is 29.1 Å². The summed E-state index contributed by atoms with van der Waals surface area (Å²) in [5.41, 5.74) is 0.538. The van der Waals surface area contributed by atoms with Crippen molar-refractivity contribution >= 4 is 11.9 Å². The van der Waals surface area contributed by atoms with E-state index in [1.54, 1.807) is 31.2 Å². The van der Waals surface area contributed by atoms with Crippen LogP contribution in [0.3, 0.4) is 0 Å². The van der Waals surface area contributed by atoms with Gasteiger partial charge in [0.1, 0.15) is 17.3 Å². The highest BCUT2D eigenvalue weighted by Gasteiger charge is 2.28. The molecular weight excluding hydrogens is 378 g/mol. The van der Waals surface area contributed by atoms with Crippen molar-refractivity contribution in [2.45, 2.75) is 19.3 Å². The monoisotopic (exact) mass is 397 g/mol. The van der Waals surface area contributed by atoms with E-state index in [0.29, 0.717) is 17.0 Å². The summed E-state index contributed by atoms with van der Waals surface area (Å²) in [6.07, 6.45) is -0.224. The van der Waals surface area contributed by atoms with Crippen LogP contribution in [-0.4, -0.2) is 34.2 Å². The van der Waals surface area contributed by atoms with Gasteiger partial charge in [-0.1, -0.05) is 12.1 Å². The lowest BCUT2D eigenvalue weighted by Crippen LogP contribution is -2.20. The molecule has 8 heteroatoms. The number of hydrogen-bond donors (Lipinski definition) is 3. The van der Waals surface area contributed by atoms with E-state index in [1.807, 2.05) is 0 Å². The normalized spacial score (nSPS) is 11.8. The molecule has 0 saturated carbocycles. The van der Waals surface area contributed by atoms with Crippen LogP contribution in [0.25, 0.3) is 11.3 Å². The van der Waals surface area contributed by atoms with Gasteiger partial charge in [-0.15, -0.1) is 0 Å². The number of benzene rings is 1. The van der Waals surface area contributed by atoms with Crippen LogP contribution in [0.4, 0.5) is 0 Å². The van der Waals surface area contributed by atoms with Gasteiger partial charge in [0, 0.05) is 11.3 Å². The number of hydrogen-bond acceptors (Lipinski definition) is 6. The van der Waals surface area contributed by atoms with Gasteiger partial charge in [-0.05, 0) is 37.3 Å². The number of ether oxygens (including phenoxy) is 1. The molecule has 150 valence electrons. The topological polar surface area (TPSA) is 130 Å². The number of nitrogens with one attached hydrogen (secondary N) is 1. The van der Waals surface area contributed by atoms with Crippen molar-refractivity contribution in [1.82, 2.24) is 4.98 Å². The molecule has 3 aromatic rings. The molecule has 0 fully saturated rings. The predicted octanol–water partition coefficient (Wildman–Crippen LogP) is 3.04. The van der Waals surface area contributed by atoms with Gasteiger partial charge in [-0.25, -0.2) is 4.79 Å². The fourth-order valence-corrected chi connectivity index (χ4v) is 3.11. The van der Waals surface area contributed by atoms with Crippen LogP contribution in [0.2, 0.25) is 0 Å². The van der Waals surface area contributed by atoms with Crippen molar-refractivity contribution < 1.29 is 29.0 Å². The lowest BCUT2D eigenvalue weighted by Gasteiger charge is -2.15. The summed E-state index contributed by atoms with van der Waals surface area (Å²) in [6.45, 7) is 1.63. The predicted molar refractivity (Wildman–Crippen MR) is 103 cm³/mol. The Bertz CT molecular complexity index is 1130. The SMILES string of the molecule is COC(=O)CC(c1ccc(-c2cccc(C(=O)O)c2)o1)c1c(O)cc(C)[nH]c1=O. The fourth-order valence-electron chi connectivity index (χ4n) is 3.11. The second kappa shape index (κ2) is 8.05. The van der Waals surface area contributed by atoms with E-state index in [0.717, 1.165) is 0 Å². The first-order chi connectivity index (χ1) is 13.8. The number of aromatic nitrogens is 1. The van der Waals surface area contributed by atoms with E-state index < -0.39 is 23.4 Å². The third kappa shape index (κ3) is 4.21. The Kier molecular flexibility index (Phi) is 5.54. The van der Waals surface area contributed by atoms with E-state index >= 15 is 0 Å². The molecule has 0 radical (unpaired) electrons. The molecule has 8 nitrogen and oxygen atoms in total. The zero-order chi connectivity index (χ0) is 21.1. The van der Waals surface area contributed by atoms with Gasteiger partial charge < -0.3 is 24.4 Å². The summed E-state index contributed by atoms with van der Waals surface area (Å²) in [7, 11) is 1.23. The highest BCUT2D eigenvalue weighted by atomic mass is 16.5. The Morgan fingerprint density at radius 3 is 2.62 bits per heavy atom. The second-order valence-electron chi connectivity index (χ2n) is 6.50. The second-order valence-corrected chi connectivity index (χ2v) is 6.50. The summed E-state index contributed by atoms with van der Waals surface area (Å²) in [6, 6.07) is 10.8. The van der Waals surface area contributed by atoms with Crippen LogP contribution in [0.15, 0.2) is 51.7 Å².